The van der Waals surface area contributed by atoms with Gasteiger partial charge in [0, 0.05) is 17.1 Å². The van der Waals surface area contributed by atoms with Crippen LogP contribution in [0.1, 0.15) is 55.8 Å². The van der Waals surface area contributed by atoms with E-state index < -0.39 is 0 Å². The Bertz CT molecular complexity index is 543. The fourth-order valence-electron chi connectivity index (χ4n) is 3.36. The van der Waals surface area contributed by atoms with Crippen LogP contribution in [0.3, 0.4) is 0 Å². The van der Waals surface area contributed by atoms with E-state index in [-0.39, 0.29) is 0 Å². The molecular formula is C19H27N. The van der Waals surface area contributed by atoms with Gasteiger partial charge in [-0.1, -0.05) is 45.4 Å². The van der Waals surface area contributed by atoms with Crippen LogP contribution in [0.2, 0.25) is 0 Å². The van der Waals surface area contributed by atoms with Gasteiger partial charge in [0.25, 0.3) is 0 Å². The van der Waals surface area contributed by atoms with Gasteiger partial charge in [0.2, 0.25) is 0 Å². The van der Waals surface area contributed by atoms with Crippen LogP contribution in [-0.2, 0) is 25.7 Å². The highest BCUT2D eigenvalue weighted by atomic mass is 15.0. The zero-order chi connectivity index (χ0) is 14.7. The molecule has 0 spiro atoms. The second kappa shape index (κ2) is 6.30. The fraction of sp³-hybridized carbons (Fsp3) is 0.474. The Morgan fingerprint density at radius 1 is 0.700 bits per heavy atom. The number of rotatable bonds is 5. The van der Waals surface area contributed by atoms with Crippen LogP contribution < -0.4 is 0 Å². The SMILES string of the molecule is CCc1c(CC)c(CC)n(-c2ccc(C)cc2)c1CC. The summed E-state index contributed by atoms with van der Waals surface area (Å²) in [6.07, 6.45) is 4.48. The predicted octanol–water partition coefficient (Wildman–Crippen LogP) is 5.04. The number of hydrogen-bond acceptors (Lipinski definition) is 0. The Hall–Kier alpha value is -1.50. The molecule has 1 aromatic heterocycles. The van der Waals surface area contributed by atoms with Crippen LogP contribution >= 0.6 is 0 Å². The third kappa shape index (κ3) is 2.42. The van der Waals surface area contributed by atoms with Gasteiger partial charge in [-0.15, -0.1) is 0 Å². The van der Waals surface area contributed by atoms with Crippen molar-refractivity contribution in [1.82, 2.24) is 4.57 Å². The first kappa shape index (κ1) is 14.9. The van der Waals surface area contributed by atoms with Crippen LogP contribution in [0.25, 0.3) is 5.69 Å². The van der Waals surface area contributed by atoms with Crippen LogP contribution in [0.4, 0.5) is 0 Å². The Morgan fingerprint density at radius 3 is 1.50 bits per heavy atom. The minimum atomic E-state index is 1.10. The summed E-state index contributed by atoms with van der Waals surface area (Å²) in [6, 6.07) is 8.94. The van der Waals surface area contributed by atoms with E-state index in [0.717, 1.165) is 25.7 Å². The van der Waals surface area contributed by atoms with E-state index in [1.807, 2.05) is 0 Å². The lowest BCUT2D eigenvalue weighted by Crippen LogP contribution is -2.04. The molecule has 0 N–H and O–H groups in total. The molecule has 20 heavy (non-hydrogen) atoms. The number of nitrogens with zero attached hydrogens (tertiary/aromatic N) is 1. The van der Waals surface area contributed by atoms with E-state index in [2.05, 4.69) is 63.5 Å². The monoisotopic (exact) mass is 269 g/mol. The number of hydrogen-bond donors (Lipinski definition) is 0. The zero-order valence-corrected chi connectivity index (χ0v) is 13.6. The maximum absolute atomic E-state index is 2.51. The molecule has 0 atom stereocenters. The van der Waals surface area contributed by atoms with E-state index in [9.17, 15) is 0 Å². The quantitative estimate of drug-likeness (QED) is 0.717. The molecule has 0 fully saturated rings. The Balaban J connectivity index is 2.72. The van der Waals surface area contributed by atoms with Crippen molar-refractivity contribution in [2.45, 2.75) is 60.3 Å². The predicted molar refractivity (Wildman–Crippen MR) is 88.0 cm³/mol. The minimum absolute atomic E-state index is 1.10. The largest absolute Gasteiger partial charge is 0.317 e. The average Bonchev–Trinajstić information content (AvgIpc) is 2.80. The molecule has 0 aliphatic carbocycles. The van der Waals surface area contributed by atoms with E-state index in [1.54, 1.807) is 11.1 Å². The average molecular weight is 269 g/mol. The van der Waals surface area contributed by atoms with Crippen molar-refractivity contribution < 1.29 is 0 Å². The van der Waals surface area contributed by atoms with Crippen molar-refractivity contribution in [3.05, 3.63) is 52.3 Å². The molecule has 1 nitrogen and oxygen atoms in total. The summed E-state index contributed by atoms with van der Waals surface area (Å²) in [6.45, 7) is 11.3. The summed E-state index contributed by atoms with van der Waals surface area (Å²) in [5, 5.41) is 0. The normalized spacial score (nSPS) is 11.1. The number of benzene rings is 1. The first-order valence-electron chi connectivity index (χ1n) is 7.98. The minimum Gasteiger partial charge on any atom is -0.317 e. The molecule has 2 aromatic rings. The lowest BCUT2D eigenvalue weighted by Gasteiger charge is -2.13. The zero-order valence-electron chi connectivity index (χ0n) is 13.6. The van der Waals surface area contributed by atoms with Gasteiger partial charge >= 0.3 is 0 Å². The van der Waals surface area contributed by atoms with Gasteiger partial charge in [-0.3, -0.25) is 0 Å². The lowest BCUT2D eigenvalue weighted by atomic mass is 10.0. The number of aromatic nitrogens is 1. The van der Waals surface area contributed by atoms with Gasteiger partial charge in [-0.2, -0.15) is 0 Å². The summed E-state index contributed by atoms with van der Waals surface area (Å²) in [7, 11) is 0. The van der Waals surface area contributed by atoms with Crippen LogP contribution in [0.15, 0.2) is 24.3 Å². The Kier molecular flexibility index (Phi) is 4.69. The van der Waals surface area contributed by atoms with Crippen molar-refractivity contribution in [1.29, 1.82) is 0 Å². The van der Waals surface area contributed by atoms with Gasteiger partial charge < -0.3 is 4.57 Å². The summed E-state index contributed by atoms with van der Waals surface area (Å²) in [5.74, 6) is 0. The molecular weight excluding hydrogens is 242 g/mol. The van der Waals surface area contributed by atoms with Gasteiger partial charge in [0.15, 0.2) is 0 Å². The molecule has 0 saturated carbocycles. The van der Waals surface area contributed by atoms with E-state index in [4.69, 9.17) is 0 Å². The van der Waals surface area contributed by atoms with Gasteiger partial charge in [-0.05, 0) is 55.9 Å². The maximum Gasteiger partial charge on any atom is 0.0455 e. The fourth-order valence-corrected chi connectivity index (χ4v) is 3.36. The van der Waals surface area contributed by atoms with Crippen molar-refractivity contribution >= 4 is 0 Å². The topological polar surface area (TPSA) is 4.93 Å². The molecule has 1 aromatic carbocycles. The summed E-state index contributed by atoms with van der Waals surface area (Å²) >= 11 is 0. The van der Waals surface area contributed by atoms with Gasteiger partial charge in [-0.25, -0.2) is 0 Å². The Labute approximate surface area is 123 Å². The molecule has 0 saturated heterocycles. The third-order valence-electron chi connectivity index (χ3n) is 4.27. The van der Waals surface area contributed by atoms with Crippen LogP contribution in [0.5, 0.6) is 0 Å². The standard InChI is InChI=1S/C19H27N/c1-6-16-17(7-2)19(9-4)20(18(16)8-3)15-12-10-14(5)11-13-15/h10-13H,6-9H2,1-5H3. The highest BCUT2D eigenvalue weighted by Crippen LogP contribution is 2.29. The smallest absolute Gasteiger partial charge is 0.0455 e. The molecule has 0 amide bonds. The molecule has 2 rings (SSSR count). The van der Waals surface area contributed by atoms with Crippen LogP contribution in [-0.4, -0.2) is 4.57 Å². The second-order valence-corrected chi connectivity index (χ2v) is 5.44. The first-order valence-corrected chi connectivity index (χ1v) is 7.98. The lowest BCUT2D eigenvalue weighted by molar-refractivity contribution is 0.853. The summed E-state index contributed by atoms with van der Waals surface area (Å²) in [4.78, 5) is 0. The van der Waals surface area contributed by atoms with E-state index in [0.29, 0.717) is 0 Å². The van der Waals surface area contributed by atoms with Gasteiger partial charge in [0.1, 0.15) is 0 Å². The first-order chi connectivity index (χ1) is 9.67. The van der Waals surface area contributed by atoms with Crippen LogP contribution in [0, 0.1) is 6.92 Å². The second-order valence-electron chi connectivity index (χ2n) is 5.44. The highest BCUT2D eigenvalue weighted by molar-refractivity contribution is 5.48. The highest BCUT2D eigenvalue weighted by Gasteiger charge is 2.19. The molecule has 0 unspecified atom stereocenters. The van der Waals surface area contributed by atoms with Crippen molar-refractivity contribution in [2.75, 3.05) is 0 Å². The molecule has 1 heterocycles. The maximum atomic E-state index is 2.51. The van der Waals surface area contributed by atoms with E-state index >= 15 is 0 Å². The molecule has 108 valence electrons. The van der Waals surface area contributed by atoms with Crippen molar-refractivity contribution in [3.8, 4) is 5.69 Å². The summed E-state index contributed by atoms with van der Waals surface area (Å²) in [5.41, 5.74) is 8.80. The molecule has 0 radical (unpaired) electrons. The molecule has 0 bridgehead atoms. The number of aryl methyl sites for hydroxylation is 1. The molecule has 1 heteroatoms. The Morgan fingerprint density at radius 2 is 1.15 bits per heavy atom. The van der Waals surface area contributed by atoms with E-state index in [1.165, 1.54) is 22.6 Å². The molecule has 0 aliphatic rings. The summed E-state index contributed by atoms with van der Waals surface area (Å²) < 4.78 is 2.51. The molecule has 0 aliphatic heterocycles. The van der Waals surface area contributed by atoms with Crippen molar-refractivity contribution in [2.24, 2.45) is 0 Å². The van der Waals surface area contributed by atoms with Gasteiger partial charge in [0.05, 0.1) is 0 Å². The van der Waals surface area contributed by atoms with Crippen molar-refractivity contribution in [3.63, 3.8) is 0 Å². The third-order valence-corrected chi connectivity index (χ3v) is 4.27.